The van der Waals surface area contributed by atoms with Crippen LogP contribution in [0.4, 0.5) is 5.69 Å². The van der Waals surface area contributed by atoms with E-state index >= 15 is 0 Å². The average molecular weight is 295 g/mol. The first-order valence-electron chi connectivity index (χ1n) is 4.93. The highest BCUT2D eigenvalue weighted by Crippen LogP contribution is 2.11. The van der Waals surface area contributed by atoms with Gasteiger partial charge in [0, 0.05) is 29.8 Å². The van der Waals surface area contributed by atoms with Crippen LogP contribution in [0.5, 0.6) is 0 Å². The van der Waals surface area contributed by atoms with Crippen molar-refractivity contribution in [2.45, 2.75) is 6.54 Å². The first-order chi connectivity index (χ1) is 7.75. The second-order valence-corrected chi connectivity index (χ2v) is 3.47. The van der Waals surface area contributed by atoms with Gasteiger partial charge in [0.05, 0.1) is 4.92 Å². The number of pyridine rings is 1. The van der Waals surface area contributed by atoms with Crippen LogP contribution in [0.15, 0.2) is 54.9 Å². The van der Waals surface area contributed by atoms with E-state index in [9.17, 15) is 10.1 Å². The van der Waals surface area contributed by atoms with Crippen molar-refractivity contribution in [2.24, 2.45) is 0 Å². The Kier molecular flexibility index (Phi) is 4.78. The van der Waals surface area contributed by atoms with Gasteiger partial charge >= 0.3 is 0 Å². The maximum Gasteiger partial charge on any atom is 0.269 e. The number of hydrogen-bond acceptors (Lipinski definition) is 2. The van der Waals surface area contributed by atoms with Gasteiger partial charge in [-0.15, -0.1) is 0 Å². The minimum Gasteiger partial charge on any atom is -1.00 e. The largest absolute Gasteiger partial charge is 1.00 e. The summed E-state index contributed by atoms with van der Waals surface area (Å²) in [5.74, 6) is 0. The molecule has 88 valence electrons. The minimum atomic E-state index is -0.389. The standard InChI is InChI=1S/C12H11N2O2.BrH/c15-14(16)12-6-4-11(5-7-12)10-13-8-2-1-3-9-13;/h1-9H,10H2;1H/q+1;/p-1. The van der Waals surface area contributed by atoms with Gasteiger partial charge in [0.2, 0.25) is 0 Å². The Morgan fingerprint density at radius 2 is 1.65 bits per heavy atom. The highest BCUT2D eigenvalue weighted by Gasteiger charge is 2.06. The Balaban J connectivity index is 0.00000144. The molecule has 1 heterocycles. The molecule has 0 saturated heterocycles. The molecule has 0 unspecified atom stereocenters. The Labute approximate surface area is 109 Å². The lowest BCUT2D eigenvalue weighted by Crippen LogP contribution is -3.00. The summed E-state index contributed by atoms with van der Waals surface area (Å²) in [5.41, 5.74) is 1.17. The van der Waals surface area contributed by atoms with Crippen LogP contribution in [0.2, 0.25) is 0 Å². The van der Waals surface area contributed by atoms with Crippen LogP contribution >= 0.6 is 0 Å². The predicted octanol–water partition coefficient (Wildman–Crippen LogP) is -1.07. The van der Waals surface area contributed by atoms with Gasteiger partial charge in [-0.3, -0.25) is 10.1 Å². The SMILES string of the molecule is O=[N+]([O-])c1ccc(C[n+]2ccccc2)cc1.[Br-]. The average Bonchev–Trinajstić information content (AvgIpc) is 2.31. The lowest BCUT2D eigenvalue weighted by molar-refractivity contribution is -0.688. The number of aromatic nitrogens is 1. The number of rotatable bonds is 3. The van der Waals surface area contributed by atoms with Crippen molar-refractivity contribution in [3.8, 4) is 0 Å². The quantitative estimate of drug-likeness (QED) is 0.411. The number of halogens is 1. The molecule has 0 spiro atoms. The molecule has 17 heavy (non-hydrogen) atoms. The molecule has 0 bridgehead atoms. The number of nitrogens with zero attached hydrogens (tertiary/aromatic N) is 2. The second kappa shape index (κ2) is 6.10. The van der Waals surface area contributed by atoms with Gasteiger partial charge in [-0.05, 0) is 12.1 Å². The summed E-state index contributed by atoms with van der Waals surface area (Å²) in [6.07, 6.45) is 3.92. The van der Waals surface area contributed by atoms with E-state index in [4.69, 9.17) is 0 Å². The summed E-state index contributed by atoms with van der Waals surface area (Å²) in [6, 6.07) is 12.5. The molecule has 0 radical (unpaired) electrons. The molecule has 0 atom stereocenters. The van der Waals surface area contributed by atoms with E-state index in [0.717, 1.165) is 12.1 Å². The van der Waals surface area contributed by atoms with E-state index < -0.39 is 0 Å². The number of non-ortho nitro benzene ring substituents is 1. The maximum atomic E-state index is 10.5. The fraction of sp³-hybridized carbons (Fsp3) is 0.0833. The highest BCUT2D eigenvalue weighted by atomic mass is 79.9. The van der Waals surface area contributed by atoms with E-state index in [1.54, 1.807) is 12.1 Å². The number of benzene rings is 1. The molecule has 0 fully saturated rings. The number of hydrogen-bond donors (Lipinski definition) is 0. The van der Waals surface area contributed by atoms with Gasteiger partial charge in [0.25, 0.3) is 5.69 Å². The normalized spacial score (nSPS) is 9.41. The molecule has 5 heteroatoms. The molecule has 0 saturated carbocycles. The lowest BCUT2D eigenvalue weighted by Gasteiger charge is -1.97. The molecule has 2 aromatic rings. The first-order valence-corrected chi connectivity index (χ1v) is 4.93. The zero-order valence-corrected chi connectivity index (χ0v) is 10.6. The molecule has 0 aliphatic carbocycles. The van der Waals surface area contributed by atoms with Gasteiger partial charge in [0.1, 0.15) is 0 Å². The lowest BCUT2D eigenvalue weighted by atomic mass is 10.2. The van der Waals surface area contributed by atoms with Crippen molar-refractivity contribution in [1.29, 1.82) is 0 Å². The third-order valence-electron chi connectivity index (χ3n) is 2.29. The van der Waals surface area contributed by atoms with Crippen LogP contribution < -0.4 is 21.5 Å². The van der Waals surface area contributed by atoms with Crippen molar-refractivity contribution in [2.75, 3.05) is 0 Å². The van der Waals surface area contributed by atoms with E-state index in [1.807, 2.05) is 35.2 Å². The van der Waals surface area contributed by atoms with E-state index in [0.29, 0.717) is 0 Å². The smallest absolute Gasteiger partial charge is 0.269 e. The van der Waals surface area contributed by atoms with Gasteiger partial charge in [-0.1, -0.05) is 6.07 Å². The van der Waals surface area contributed by atoms with Crippen LogP contribution in [0, 0.1) is 10.1 Å². The Bertz CT molecular complexity index is 486. The third-order valence-corrected chi connectivity index (χ3v) is 2.29. The molecule has 2 rings (SSSR count). The second-order valence-electron chi connectivity index (χ2n) is 3.47. The molecular formula is C12H11BrN2O2. The fourth-order valence-electron chi connectivity index (χ4n) is 1.47. The van der Waals surface area contributed by atoms with Gasteiger partial charge in [-0.2, -0.15) is 0 Å². The summed E-state index contributed by atoms with van der Waals surface area (Å²) in [6.45, 7) is 0.721. The molecule has 4 nitrogen and oxygen atoms in total. The summed E-state index contributed by atoms with van der Waals surface area (Å²) >= 11 is 0. The Morgan fingerprint density at radius 1 is 1.06 bits per heavy atom. The third kappa shape index (κ3) is 3.64. The topological polar surface area (TPSA) is 47.0 Å². The molecule has 0 aliphatic heterocycles. The van der Waals surface area contributed by atoms with Crippen molar-refractivity contribution in [3.05, 3.63) is 70.5 Å². The fourth-order valence-corrected chi connectivity index (χ4v) is 1.47. The molecular weight excluding hydrogens is 284 g/mol. The predicted molar refractivity (Wildman–Crippen MR) is 58.8 cm³/mol. The number of nitro groups is 1. The first kappa shape index (κ1) is 13.3. The van der Waals surface area contributed by atoms with Gasteiger partial charge < -0.3 is 17.0 Å². The minimum absolute atomic E-state index is 0. The highest BCUT2D eigenvalue weighted by molar-refractivity contribution is 5.32. The van der Waals surface area contributed by atoms with E-state index in [1.165, 1.54) is 12.1 Å². The monoisotopic (exact) mass is 294 g/mol. The van der Waals surface area contributed by atoms with Crippen molar-refractivity contribution in [1.82, 2.24) is 0 Å². The Morgan fingerprint density at radius 3 is 2.18 bits per heavy atom. The Hall–Kier alpha value is -1.75. The van der Waals surface area contributed by atoms with E-state index in [-0.39, 0.29) is 27.6 Å². The van der Waals surface area contributed by atoms with Crippen molar-refractivity contribution >= 4 is 5.69 Å². The number of nitro benzene ring substituents is 1. The van der Waals surface area contributed by atoms with E-state index in [2.05, 4.69) is 0 Å². The van der Waals surface area contributed by atoms with Gasteiger partial charge in [-0.25, -0.2) is 4.57 Å². The summed E-state index contributed by atoms with van der Waals surface area (Å²) in [4.78, 5) is 10.1. The van der Waals surface area contributed by atoms with Crippen molar-refractivity contribution < 1.29 is 26.5 Å². The van der Waals surface area contributed by atoms with Crippen LogP contribution in [-0.2, 0) is 6.54 Å². The molecule has 1 aromatic heterocycles. The summed E-state index contributed by atoms with van der Waals surface area (Å²) in [7, 11) is 0. The molecule has 0 aliphatic rings. The zero-order chi connectivity index (χ0) is 11.4. The van der Waals surface area contributed by atoms with Crippen LogP contribution in [0.25, 0.3) is 0 Å². The summed E-state index contributed by atoms with van der Waals surface area (Å²) in [5, 5.41) is 10.5. The summed E-state index contributed by atoms with van der Waals surface area (Å²) < 4.78 is 2.02. The van der Waals surface area contributed by atoms with Crippen LogP contribution in [0.3, 0.4) is 0 Å². The maximum absolute atomic E-state index is 10.5. The molecule has 1 aromatic carbocycles. The van der Waals surface area contributed by atoms with Crippen LogP contribution in [0.1, 0.15) is 5.56 Å². The zero-order valence-electron chi connectivity index (χ0n) is 8.99. The van der Waals surface area contributed by atoms with Gasteiger partial charge in [0.15, 0.2) is 18.9 Å². The molecule has 0 amide bonds. The van der Waals surface area contributed by atoms with Crippen molar-refractivity contribution in [3.63, 3.8) is 0 Å². The molecule has 0 N–H and O–H groups in total. The van der Waals surface area contributed by atoms with Crippen LogP contribution in [-0.4, -0.2) is 4.92 Å².